The average molecular weight is 286 g/mol. The van der Waals surface area contributed by atoms with E-state index in [4.69, 9.17) is 5.11 Å². The summed E-state index contributed by atoms with van der Waals surface area (Å²) in [5.41, 5.74) is 0.0875. The van der Waals surface area contributed by atoms with E-state index in [9.17, 15) is 13.6 Å². The number of hydrogen-bond donors (Lipinski definition) is 1. The third kappa shape index (κ3) is 3.47. The Morgan fingerprint density at radius 1 is 1.42 bits per heavy atom. The second-order valence-corrected chi connectivity index (χ2v) is 4.48. The van der Waals surface area contributed by atoms with Crippen LogP contribution in [0.2, 0.25) is 0 Å². The third-order valence-corrected chi connectivity index (χ3v) is 3.09. The molecule has 100 valence electrons. The summed E-state index contributed by atoms with van der Waals surface area (Å²) >= 11 is 0.902. The van der Waals surface area contributed by atoms with Crippen LogP contribution in [-0.2, 0) is 11.3 Å². The van der Waals surface area contributed by atoms with Gasteiger partial charge in [0.25, 0.3) is 0 Å². The molecule has 19 heavy (non-hydrogen) atoms. The molecule has 1 aromatic carbocycles. The van der Waals surface area contributed by atoms with Gasteiger partial charge < -0.3 is 5.11 Å². The number of aromatic nitrogens is 4. The number of halogens is 2. The first-order valence-corrected chi connectivity index (χ1v) is 6.09. The highest BCUT2D eigenvalue weighted by molar-refractivity contribution is 7.99. The van der Waals surface area contributed by atoms with Crippen LogP contribution in [0.25, 0.3) is 0 Å². The third-order valence-electron chi connectivity index (χ3n) is 2.15. The van der Waals surface area contributed by atoms with Crippen molar-refractivity contribution in [2.75, 3.05) is 5.75 Å². The van der Waals surface area contributed by atoms with Crippen molar-refractivity contribution in [3.05, 3.63) is 35.4 Å². The minimum Gasteiger partial charge on any atom is -0.481 e. The number of carboxylic acids is 1. The Morgan fingerprint density at radius 3 is 2.95 bits per heavy atom. The van der Waals surface area contributed by atoms with E-state index in [2.05, 4.69) is 15.5 Å². The lowest BCUT2D eigenvalue weighted by Gasteiger charge is -2.05. The number of aliphatic carboxylic acids is 1. The summed E-state index contributed by atoms with van der Waals surface area (Å²) in [5, 5.41) is 19.4. The molecule has 1 heterocycles. The van der Waals surface area contributed by atoms with E-state index >= 15 is 0 Å². The molecule has 0 atom stereocenters. The van der Waals surface area contributed by atoms with E-state index in [1.54, 1.807) is 0 Å². The van der Waals surface area contributed by atoms with Gasteiger partial charge in [0.2, 0.25) is 5.16 Å². The Labute approximate surface area is 110 Å². The van der Waals surface area contributed by atoms with Gasteiger partial charge in [-0.15, -0.1) is 5.10 Å². The van der Waals surface area contributed by atoms with Gasteiger partial charge >= 0.3 is 5.97 Å². The standard InChI is InChI=1S/C10H8F2N4O2S/c11-7-1-2-8(12)6(3-7)4-16-10(13-14-15-16)19-5-9(17)18/h1-3H,4-5H2,(H,17,18). The number of benzene rings is 1. The van der Waals surface area contributed by atoms with Gasteiger partial charge in [0, 0.05) is 5.56 Å². The first kappa shape index (κ1) is 13.4. The zero-order valence-corrected chi connectivity index (χ0v) is 10.3. The first-order chi connectivity index (χ1) is 9.06. The second-order valence-electron chi connectivity index (χ2n) is 3.54. The number of carbonyl (C=O) groups is 1. The Bertz CT molecular complexity index is 605. The fourth-order valence-electron chi connectivity index (χ4n) is 1.35. The molecular formula is C10H8F2N4O2S. The molecule has 0 saturated carbocycles. The summed E-state index contributed by atoms with van der Waals surface area (Å²) < 4.78 is 27.7. The molecule has 0 spiro atoms. The van der Waals surface area contributed by atoms with Crippen LogP contribution in [0.3, 0.4) is 0 Å². The van der Waals surface area contributed by atoms with E-state index in [1.165, 1.54) is 4.68 Å². The van der Waals surface area contributed by atoms with Crippen LogP contribution >= 0.6 is 11.8 Å². The van der Waals surface area contributed by atoms with Crippen molar-refractivity contribution >= 4 is 17.7 Å². The summed E-state index contributed by atoms with van der Waals surface area (Å²) in [6.45, 7) is -0.0709. The van der Waals surface area contributed by atoms with E-state index in [0.717, 1.165) is 30.0 Å². The van der Waals surface area contributed by atoms with Crippen LogP contribution in [-0.4, -0.2) is 37.0 Å². The van der Waals surface area contributed by atoms with Gasteiger partial charge in [-0.3, -0.25) is 4.79 Å². The quantitative estimate of drug-likeness (QED) is 0.831. The predicted molar refractivity (Wildman–Crippen MR) is 61.6 cm³/mol. The highest BCUT2D eigenvalue weighted by Crippen LogP contribution is 2.16. The molecule has 9 heteroatoms. The fourth-order valence-corrected chi connectivity index (χ4v) is 1.95. The first-order valence-electron chi connectivity index (χ1n) is 5.11. The maximum absolute atomic E-state index is 13.5. The smallest absolute Gasteiger partial charge is 0.313 e. The minimum absolute atomic E-state index is 0.0709. The maximum atomic E-state index is 13.5. The lowest BCUT2D eigenvalue weighted by molar-refractivity contribution is -0.133. The SMILES string of the molecule is O=C(O)CSc1nnnn1Cc1cc(F)ccc1F. The maximum Gasteiger partial charge on any atom is 0.313 e. The lowest BCUT2D eigenvalue weighted by atomic mass is 10.2. The molecule has 0 aliphatic carbocycles. The van der Waals surface area contributed by atoms with Crippen molar-refractivity contribution in [3.63, 3.8) is 0 Å². The molecule has 0 bridgehead atoms. The van der Waals surface area contributed by atoms with Gasteiger partial charge in [-0.2, -0.15) is 0 Å². The van der Waals surface area contributed by atoms with Gasteiger partial charge in [0.1, 0.15) is 11.6 Å². The van der Waals surface area contributed by atoms with Crippen molar-refractivity contribution in [2.45, 2.75) is 11.7 Å². The van der Waals surface area contributed by atoms with Crippen molar-refractivity contribution in [3.8, 4) is 0 Å². The fraction of sp³-hybridized carbons (Fsp3) is 0.200. The molecule has 0 aliphatic rings. The Morgan fingerprint density at radius 2 is 2.21 bits per heavy atom. The zero-order valence-electron chi connectivity index (χ0n) is 9.45. The number of tetrazole rings is 1. The molecule has 1 N–H and O–H groups in total. The predicted octanol–water partition coefficient (Wildman–Crippen LogP) is 1.18. The van der Waals surface area contributed by atoms with Gasteiger partial charge in [0.05, 0.1) is 12.3 Å². The molecule has 0 fully saturated rings. The number of carboxylic acid groups (broad SMARTS) is 1. The largest absolute Gasteiger partial charge is 0.481 e. The number of nitrogens with zero attached hydrogens (tertiary/aromatic N) is 4. The number of hydrogen-bond acceptors (Lipinski definition) is 5. The van der Waals surface area contributed by atoms with Crippen molar-refractivity contribution in [2.24, 2.45) is 0 Å². The van der Waals surface area contributed by atoms with Crippen LogP contribution in [0.15, 0.2) is 23.4 Å². The van der Waals surface area contributed by atoms with Gasteiger partial charge in [0.15, 0.2) is 0 Å². The van der Waals surface area contributed by atoms with E-state index in [-0.39, 0.29) is 23.0 Å². The molecule has 0 amide bonds. The van der Waals surface area contributed by atoms with E-state index in [0.29, 0.717) is 0 Å². The van der Waals surface area contributed by atoms with Gasteiger partial charge in [-0.05, 0) is 28.6 Å². The van der Waals surface area contributed by atoms with Crippen molar-refractivity contribution < 1.29 is 18.7 Å². The molecule has 2 aromatic rings. The van der Waals surface area contributed by atoms with Crippen molar-refractivity contribution in [1.82, 2.24) is 20.2 Å². The van der Waals surface area contributed by atoms with Gasteiger partial charge in [-0.25, -0.2) is 13.5 Å². The molecule has 0 radical (unpaired) electrons. The zero-order chi connectivity index (χ0) is 13.8. The molecule has 0 unspecified atom stereocenters. The minimum atomic E-state index is -1.02. The second kappa shape index (κ2) is 5.74. The summed E-state index contributed by atoms with van der Waals surface area (Å²) in [7, 11) is 0. The molecule has 6 nitrogen and oxygen atoms in total. The normalized spacial score (nSPS) is 10.6. The van der Waals surface area contributed by atoms with Gasteiger partial charge in [-0.1, -0.05) is 11.8 Å². The summed E-state index contributed by atoms with van der Waals surface area (Å²) in [6, 6.07) is 3.07. The van der Waals surface area contributed by atoms with Crippen LogP contribution < -0.4 is 0 Å². The monoisotopic (exact) mass is 286 g/mol. The van der Waals surface area contributed by atoms with Crippen LogP contribution in [0, 0.1) is 11.6 Å². The summed E-state index contributed by atoms with van der Waals surface area (Å²) in [5.74, 6) is -2.38. The Hall–Kier alpha value is -2.03. The molecule has 0 saturated heterocycles. The number of thioether (sulfide) groups is 1. The van der Waals surface area contributed by atoms with Crippen LogP contribution in [0.1, 0.15) is 5.56 Å². The molecule has 2 rings (SSSR count). The molecule has 0 aliphatic heterocycles. The lowest BCUT2D eigenvalue weighted by Crippen LogP contribution is -2.07. The molecular weight excluding hydrogens is 278 g/mol. The highest BCUT2D eigenvalue weighted by Gasteiger charge is 2.12. The highest BCUT2D eigenvalue weighted by atomic mass is 32.2. The molecule has 1 aromatic heterocycles. The summed E-state index contributed by atoms with van der Waals surface area (Å²) in [6.07, 6.45) is 0. The topological polar surface area (TPSA) is 80.9 Å². The summed E-state index contributed by atoms with van der Waals surface area (Å²) in [4.78, 5) is 10.5. The Kier molecular flexibility index (Phi) is 4.05. The Balaban J connectivity index is 2.17. The van der Waals surface area contributed by atoms with Crippen LogP contribution in [0.5, 0.6) is 0 Å². The van der Waals surface area contributed by atoms with E-state index < -0.39 is 17.6 Å². The number of rotatable bonds is 5. The van der Waals surface area contributed by atoms with Crippen LogP contribution in [0.4, 0.5) is 8.78 Å². The van der Waals surface area contributed by atoms with E-state index in [1.807, 2.05) is 0 Å². The average Bonchev–Trinajstić information content (AvgIpc) is 2.79. The van der Waals surface area contributed by atoms with Crippen molar-refractivity contribution in [1.29, 1.82) is 0 Å².